The number of nitrogens with zero attached hydrogens (tertiary/aromatic N) is 3. The molecule has 3 rings (SSSR count). The Morgan fingerprint density at radius 1 is 1.10 bits per heavy atom. The summed E-state index contributed by atoms with van der Waals surface area (Å²) in [6, 6.07) is 9.07. The van der Waals surface area contributed by atoms with E-state index in [0.717, 1.165) is 37.3 Å². The van der Waals surface area contributed by atoms with Crippen LogP contribution in [0.4, 0.5) is 11.6 Å². The molecule has 1 aliphatic heterocycles. The lowest BCUT2D eigenvalue weighted by molar-refractivity contribution is 0.209. The van der Waals surface area contributed by atoms with Gasteiger partial charge in [-0.3, -0.25) is 4.90 Å². The summed E-state index contributed by atoms with van der Waals surface area (Å²) in [6.07, 6.45) is 1.66. The highest BCUT2D eigenvalue weighted by Gasteiger charge is 2.19. The van der Waals surface area contributed by atoms with Crippen molar-refractivity contribution >= 4 is 11.6 Å². The average Bonchev–Trinajstić information content (AvgIpc) is 2.94. The molecule has 1 fully saturated rings. The quantitative estimate of drug-likeness (QED) is 0.939. The summed E-state index contributed by atoms with van der Waals surface area (Å²) in [5.74, 6) is 0.369. The largest absolute Gasteiger partial charge is 0.369 e. The maximum absolute atomic E-state index is 5.75. The molecule has 1 saturated heterocycles. The van der Waals surface area contributed by atoms with Crippen molar-refractivity contribution < 1.29 is 4.52 Å². The minimum atomic E-state index is 0.369. The first-order valence-corrected chi connectivity index (χ1v) is 7.45. The van der Waals surface area contributed by atoms with Gasteiger partial charge < -0.3 is 15.2 Å². The number of aromatic nitrogens is 1. The van der Waals surface area contributed by atoms with E-state index in [1.165, 1.54) is 5.69 Å². The molecule has 2 aromatic rings. The SMILES string of the molecule is CC(C)N1CCN(c2ccc(-c3cnoc3N)cc2)CC1. The van der Waals surface area contributed by atoms with Crippen LogP contribution in [-0.4, -0.2) is 42.3 Å². The van der Waals surface area contributed by atoms with E-state index in [-0.39, 0.29) is 0 Å². The lowest BCUT2D eigenvalue weighted by Crippen LogP contribution is -2.48. The van der Waals surface area contributed by atoms with Crippen molar-refractivity contribution in [1.82, 2.24) is 10.1 Å². The molecule has 0 radical (unpaired) electrons. The van der Waals surface area contributed by atoms with Gasteiger partial charge in [-0.25, -0.2) is 0 Å². The highest BCUT2D eigenvalue weighted by atomic mass is 16.5. The first kappa shape index (κ1) is 13.9. The maximum Gasteiger partial charge on any atom is 0.229 e. The fourth-order valence-corrected chi connectivity index (χ4v) is 2.81. The summed E-state index contributed by atoms with van der Waals surface area (Å²) in [7, 11) is 0. The van der Waals surface area contributed by atoms with Gasteiger partial charge in [0, 0.05) is 37.9 Å². The second kappa shape index (κ2) is 5.77. The number of hydrogen-bond acceptors (Lipinski definition) is 5. The third-order valence-corrected chi connectivity index (χ3v) is 4.19. The van der Waals surface area contributed by atoms with Gasteiger partial charge in [-0.15, -0.1) is 0 Å². The monoisotopic (exact) mass is 286 g/mol. The smallest absolute Gasteiger partial charge is 0.229 e. The van der Waals surface area contributed by atoms with E-state index in [4.69, 9.17) is 10.3 Å². The summed E-state index contributed by atoms with van der Waals surface area (Å²) in [5.41, 5.74) is 8.91. The molecule has 21 heavy (non-hydrogen) atoms. The van der Waals surface area contributed by atoms with Gasteiger partial charge in [-0.05, 0) is 31.5 Å². The first-order valence-electron chi connectivity index (χ1n) is 7.45. The highest BCUT2D eigenvalue weighted by Crippen LogP contribution is 2.27. The Bertz CT molecular complexity index is 583. The van der Waals surface area contributed by atoms with Crippen LogP contribution in [0.25, 0.3) is 11.1 Å². The minimum absolute atomic E-state index is 0.369. The summed E-state index contributed by atoms with van der Waals surface area (Å²) in [5, 5.41) is 3.72. The topological polar surface area (TPSA) is 58.5 Å². The van der Waals surface area contributed by atoms with Crippen molar-refractivity contribution in [2.45, 2.75) is 19.9 Å². The van der Waals surface area contributed by atoms with Gasteiger partial charge in [0.1, 0.15) is 0 Å². The summed E-state index contributed by atoms with van der Waals surface area (Å²) >= 11 is 0. The van der Waals surface area contributed by atoms with Gasteiger partial charge in [0.15, 0.2) is 0 Å². The number of benzene rings is 1. The second-order valence-electron chi connectivity index (χ2n) is 5.77. The van der Waals surface area contributed by atoms with Crippen LogP contribution < -0.4 is 10.6 Å². The van der Waals surface area contributed by atoms with E-state index in [1.807, 2.05) is 0 Å². The Labute approximate surface area is 125 Å². The van der Waals surface area contributed by atoms with Gasteiger partial charge >= 0.3 is 0 Å². The van der Waals surface area contributed by atoms with Crippen LogP contribution >= 0.6 is 0 Å². The number of hydrogen-bond donors (Lipinski definition) is 1. The van der Waals surface area contributed by atoms with Crippen molar-refractivity contribution in [2.24, 2.45) is 0 Å². The van der Waals surface area contributed by atoms with Gasteiger partial charge in [0.25, 0.3) is 0 Å². The zero-order valence-corrected chi connectivity index (χ0v) is 12.6. The molecule has 1 aliphatic rings. The third kappa shape index (κ3) is 2.88. The summed E-state index contributed by atoms with van der Waals surface area (Å²) in [6.45, 7) is 8.91. The molecule has 0 bridgehead atoms. The number of piperazine rings is 1. The molecule has 2 N–H and O–H groups in total. The molecule has 1 aromatic heterocycles. The standard InChI is InChI=1S/C16H22N4O/c1-12(2)19-7-9-20(10-8-19)14-5-3-13(4-6-14)15-11-18-21-16(15)17/h3-6,11-12H,7-10,17H2,1-2H3. The number of anilines is 2. The number of nitrogens with two attached hydrogens (primary N) is 1. The molecule has 0 saturated carbocycles. The van der Waals surface area contributed by atoms with Crippen LogP contribution in [0.15, 0.2) is 35.0 Å². The van der Waals surface area contributed by atoms with Crippen LogP contribution in [-0.2, 0) is 0 Å². The molecule has 112 valence electrons. The summed E-state index contributed by atoms with van der Waals surface area (Å²) < 4.78 is 4.91. The third-order valence-electron chi connectivity index (χ3n) is 4.19. The zero-order valence-electron chi connectivity index (χ0n) is 12.6. The Morgan fingerprint density at radius 2 is 1.76 bits per heavy atom. The lowest BCUT2D eigenvalue weighted by Gasteiger charge is -2.38. The molecule has 5 nitrogen and oxygen atoms in total. The van der Waals surface area contributed by atoms with E-state index >= 15 is 0 Å². The highest BCUT2D eigenvalue weighted by molar-refractivity contribution is 5.73. The molecular weight excluding hydrogens is 264 g/mol. The van der Waals surface area contributed by atoms with E-state index in [2.05, 4.69) is 53.1 Å². The van der Waals surface area contributed by atoms with E-state index < -0.39 is 0 Å². The maximum atomic E-state index is 5.75. The van der Waals surface area contributed by atoms with Crippen molar-refractivity contribution in [3.05, 3.63) is 30.5 Å². The van der Waals surface area contributed by atoms with Gasteiger partial charge in [-0.1, -0.05) is 17.3 Å². The van der Waals surface area contributed by atoms with Crippen molar-refractivity contribution in [3.63, 3.8) is 0 Å². The minimum Gasteiger partial charge on any atom is -0.369 e. The molecule has 1 aromatic carbocycles. The molecular formula is C16H22N4O. The molecule has 0 aliphatic carbocycles. The Hall–Kier alpha value is -2.01. The predicted octanol–water partition coefficient (Wildman–Crippen LogP) is 2.45. The summed E-state index contributed by atoms with van der Waals surface area (Å²) in [4.78, 5) is 4.95. The van der Waals surface area contributed by atoms with Crippen LogP contribution in [0.3, 0.4) is 0 Å². The Kier molecular flexibility index (Phi) is 3.84. The van der Waals surface area contributed by atoms with E-state index in [9.17, 15) is 0 Å². The van der Waals surface area contributed by atoms with Crippen LogP contribution in [0.1, 0.15) is 13.8 Å². The predicted molar refractivity (Wildman–Crippen MR) is 85.3 cm³/mol. The van der Waals surface area contributed by atoms with Crippen LogP contribution in [0.2, 0.25) is 0 Å². The fraction of sp³-hybridized carbons (Fsp3) is 0.438. The Balaban J connectivity index is 1.69. The normalized spacial score (nSPS) is 16.6. The van der Waals surface area contributed by atoms with Gasteiger partial charge in [0.2, 0.25) is 5.88 Å². The van der Waals surface area contributed by atoms with Crippen molar-refractivity contribution in [1.29, 1.82) is 0 Å². The van der Waals surface area contributed by atoms with Gasteiger partial charge in [0.05, 0.1) is 11.8 Å². The Morgan fingerprint density at radius 3 is 2.29 bits per heavy atom. The van der Waals surface area contributed by atoms with Crippen molar-refractivity contribution in [2.75, 3.05) is 36.8 Å². The zero-order chi connectivity index (χ0) is 14.8. The van der Waals surface area contributed by atoms with Crippen molar-refractivity contribution in [3.8, 4) is 11.1 Å². The molecule has 0 amide bonds. The number of rotatable bonds is 3. The first-order chi connectivity index (χ1) is 10.1. The fourth-order valence-electron chi connectivity index (χ4n) is 2.81. The molecule has 2 heterocycles. The lowest BCUT2D eigenvalue weighted by atomic mass is 10.1. The molecule has 0 atom stereocenters. The van der Waals surface area contributed by atoms with E-state index in [1.54, 1.807) is 6.20 Å². The molecule has 0 unspecified atom stereocenters. The number of nitrogen functional groups attached to an aromatic ring is 1. The van der Waals surface area contributed by atoms with E-state index in [0.29, 0.717) is 11.9 Å². The average molecular weight is 286 g/mol. The second-order valence-corrected chi connectivity index (χ2v) is 5.77. The molecule has 5 heteroatoms. The van der Waals surface area contributed by atoms with Crippen LogP contribution in [0.5, 0.6) is 0 Å². The van der Waals surface area contributed by atoms with Gasteiger partial charge in [-0.2, -0.15) is 0 Å². The molecule has 0 spiro atoms. The van der Waals surface area contributed by atoms with Crippen LogP contribution in [0, 0.1) is 0 Å².